The molecule has 0 unspecified atom stereocenters. The minimum absolute atomic E-state index is 0.801. The average Bonchev–Trinajstić information content (AvgIpc) is 2.11. The van der Waals surface area contributed by atoms with Gasteiger partial charge in [0.25, 0.3) is 0 Å². The molecule has 0 saturated carbocycles. The number of hydrogen-bond donors (Lipinski definition) is 0. The Balaban J connectivity index is 0.000000261. The molecule has 0 saturated heterocycles. The lowest BCUT2D eigenvalue weighted by atomic mass is 10.2. The molecule has 0 fully saturated rings. The molecule has 0 radical (unpaired) electrons. The number of aryl methyl sites for hydroxylation is 1. The first-order valence-electron chi connectivity index (χ1n) is 3.76. The van der Waals surface area contributed by atoms with Crippen molar-refractivity contribution >= 4 is 11.6 Å². The highest BCUT2D eigenvalue weighted by Gasteiger charge is 1.81. The summed E-state index contributed by atoms with van der Waals surface area (Å²) in [5, 5.41) is 0.801. The summed E-state index contributed by atoms with van der Waals surface area (Å²) in [7, 11) is 0. The van der Waals surface area contributed by atoms with Gasteiger partial charge >= 0.3 is 0 Å². The standard InChI is InChI=1S/C7H7Cl.C4H6/c1-6-2-4-7(8)5-3-6;1-3-4-2/h2-5H,1H3;1-2H3. The van der Waals surface area contributed by atoms with Gasteiger partial charge in [-0.05, 0) is 32.9 Å². The van der Waals surface area contributed by atoms with Gasteiger partial charge in [-0.15, -0.1) is 11.8 Å². The Kier molecular flexibility index (Phi) is 6.24. The Morgan fingerprint density at radius 2 is 1.42 bits per heavy atom. The van der Waals surface area contributed by atoms with E-state index in [1.54, 1.807) is 0 Å². The third-order valence-electron chi connectivity index (χ3n) is 1.26. The summed E-state index contributed by atoms with van der Waals surface area (Å²) < 4.78 is 0. The predicted molar refractivity (Wildman–Crippen MR) is 55.3 cm³/mol. The highest BCUT2D eigenvalue weighted by molar-refractivity contribution is 6.30. The molecule has 0 atom stereocenters. The lowest BCUT2D eigenvalue weighted by molar-refractivity contribution is 1.48. The zero-order valence-electron chi connectivity index (χ0n) is 7.69. The predicted octanol–water partition coefficient (Wildman–Crippen LogP) is 3.68. The molecule has 64 valence electrons. The molecular weight excluding hydrogens is 168 g/mol. The maximum absolute atomic E-state index is 5.61. The lowest BCUT2D eigenvalue weighted by Crippen LogP contribution is -1.66. The molecule has 0 aliphatic carbocycles. The molecule has 0 aromatic heterocycles. The molecule has 1 aromatic rings. The van der Waals surface area contributed by atoms with Crippen LogP contribution in [-0.2, 0) is 0 Å². The molecule has 0 spiro atoms. The minimum atomic E-state index is 0.801. The Bertz CT molecular complexity index is 234. The van der Waals surface area contributed by atoms with Crippen LogP contribution in [0, 0.1) is 18.8 Å². The normalized spacial score (nSPS) is 7.33. The van der Waals surface area contributed by atoms with E-state index in [0.29, 0.717) is 0 Å². The molecule has 1 heteroatoms. The smallest absolute Gasteiger partial charge is 0.0406 e. The SMILES string of the molecule is CC#CC.Cc1ccc(Cl)cc1. The van der Waals surface area contributed by atoms with E-state index >= 15 is 0 Å². The van der Waals surface area contributed by atoms with Gasteiger partial charge in [0.2, 0.25) is 0 Å². The highest BCUT2D eigenvalue weighted by atomic mass is 35.5. The van der Waals surface area contributed by atoms with E-state index in [1.807, 2.05) is 45.0 Å². The van der Waals surface area contributed by atoms with E-state index in [9.17, 15) is 0 Å². The maximum Gasteiger partial charge on any atom is 0.0406 e. The van der Waals surface area contributed by atoms with Gasteiger partial charge in [0, 0.05) is 5.02 Å². The van der Waals surface area contributed by atoms with Crippen LogP contribution in [0.3, 0.4) is 0 Å². The van der Waals surface area contributed by atoms with Crippen LogP contribution in [-0.4, -0.2) is 0 Å². The summed E-state index contributed by atoms with van der Waals surface area (Å²) >= 11 is 5.61. The van der Waals surface area contributed by atoms with E-state index in [0.717, 1.165) is 5.02 Å². The van der Waals surface area contributed by atoms with Gasteiger partial charge in [-0.3, -0.25) is 0 Å². The minimum Gasteiger partial charge on any atom is -0.107 e. The zero-order valence-corrected chi connectivity index (χ0v) is 8.44. The second-order valence-electron chi connectivity index (χ2n) is 2.30. The monoisotopic (exact) mass is 180 g/mol. The summed E-state index contributed by atoms with van der Waals surface area (Å²) in [6.07, 6.45) is 0. The van der Waals surface area contributed by atoms with E-state index in [4.69, 9.17) is 11.6 Å². The van der Waals surface area contributed by atoms with Crippen molar-refractivity contribution in [2.24, 2.45) is 0 Å². The van der Waals surface area contributed by atoms with Gasteiger partial charge in [0.15, 0.2) is 0 Å². The van der Waals surface area contributed by atoms with Gasteiger partial charge in [-0.2, -0.15) is 0 Å². The van der Waals surface area contributed by atoms with Crippen molar-refractivity contribution < 1.29 is 0 Å². The molecule has 0 N–H and O–H groups in total. The maximum atomic E-state index is 5.61. The third-order valence-corrected chi connectivity index (χ3v) is 1.51. The van der Waals surface area contributed by atoms with Crippen LogP contribution < -0.4 is 0 Å². The van der Waals surface area contributed by atoms with Crippen LogP contribution in [0.1, 0.15) is 19.4 Å². The molecule has 0 aliphatic heterocycles. The van der Waals surface area contributed by atoms with Crippen molar-refractivity contribution in [3.63, 3.8) is 0 Å². The first-order valence-corrected chi connectivity index (χ1v) is 4.14. The van der Waals surface area contributed by atoms with Crippen molar-refractivity contribution in [1.29, 1.82) is 0 Å². The van der Waals surface area contributed by atoms with Crippen molar-refractivity contribution in [3.05, 3.63) is 34.9 Å². The fourth-order valence-corrected chi connectivity index (χ4v) is 0.659. The molecule has 12 heavy (non-hydrogen) atoms. The summed E-state index contributed by atoms with van der Waals surface area (Å²) in [4.78, 5) is 0. The summed E-state index contributed by atoms with van der Waals surface area (Å²) in [5.74, 6) is 5.36. The Morgan fingerprint density at radius 3 is 1.67 bits per heavy atom. The quantitative estimate of drug-likeness (QED) is 0.535. The van der Waals surface area contributed by atoms with E-state index < -0.39 is 0 Å². The number of rotatable bonds is 0. The molecule has 0 bridgehead atoms. The number of hydrogen-bond acceptors (Lipinski definition) is 0. The molecule has 1 aromatic carbocycles. The topological polar surface area (TPSA) is 0 Å². The number of benzene rings is 1. The molecule has 1 rings (SSSR count). The van der Waals surface area contributed by atoms with Crippen LogP contribution in [0.4, 0.5) is 0 Å². The second kappa shape index (κ2) is 6.76. The van der Waals surface area contributed by atoms with Gasteiger partial charge in [-0.1, -0.05) is 29.3 Å². The van der Waals surface area contributed by atoms with Crippen molar-refractivity contribution in [2.75, 3.05) is 0 Å². The van der Waals surface area contributed by atoms with Crippen LogP contribution >= 0.6 is 11.6 Å². The van der Waals surface area contributed by atoms with E-state index in [1.165, 1.54) is 5.56 Å². The second-order valence-corrected chi connectivity index (χ2v) is 2.73. The lowest BCUT2D eigenvalue weighted by Gasteiger charge is -1.88. The summed E-state index contributed by atoms with van der Waals surface area (Å²) in [6.45, 7) is 5.68. The summed E-state index contributed by atoms with van der Waals surface area (Å²) in [6, 6.07) is 7.75. The van der Waals surface area contributed by atoms with Crippen molar-refractivity contribution in [1.82, 2.24) is 0 Å². The Hall–Kier alpha value is -0.930. The first kappa shape index (κ1) is 11.1. The first-order chi connectivity index (χ1) is 5.70. The van der Waals surface area contributed by atoms with Crippen molar-refractivity contribution in [3.8, 4) is 11.8 Å². The van der Waals surface area contributed by atoms with E-state index in [2.05, 4.69) is 11.8 Å². The molecule has 0 amide bonds. The van der Waals surface area contributed by atoms with Gasteiger partial charge in [0.05, 0.1) is 0 Å². The summed E-state index contributed by atoms with van der Waals surface area (Å²) in [5.41, 5.74) is 1.24. The highest BCUT2D eigenvalue weighted by Crippen LogP contribution is 2.07. The fourth-order valence-electron chi connectivity index (χ4n) is 0.533. The Morgan fingerprint density at radius 1 is 1.00 bits per heavy atom. The fraction of sp³-hybridized carbons (Fsp3) is 0.273. The van der Waals surface area contributed by atoms with Gasteiger partial charge < -0.3 is 0 Å². The zero-order chi connectivity index (χ0) is 9.40. The van der Waals surface area contributed by atoms with E-state index in [-0.39, 0.29) is 0 Å². The molecular formula is C11H13Cl. The van der Waals surface area contributed by atoms with Crippen LogP contribution in [0.25, 0.3) is 0 Å². The van der Waals surface area contributed by atoms with Crippen molar-refractivity contribution in [2.45, 2.75) is 20.8 Å². The van der Waals surface area contributed by atoms with Crippen LogP contribution in [0.2, 0.25) is 5.02 Å². The molecule has 0 nitrogen and oxygen atoms in total. The average molecular weight is 181 g/mol. The molecule has 0 heterocycles. The van der Waals surface area contributed by atoms with Crippen LogP contribution in [0.5, 0.6) is 0 Å². The van der Waals surface area contributed by atoms with Crippen LogP contribution in [0.15, 0.2) is 24.3 Å². The third kappa shape index (κ3) is 5.82. The van der Waals surface area contributed by atoms with Gasteiger partial charge in [-0.25, -0.2) is 0 Å². The molecule has 0 aliphatic rings. The largest absolute Gasteiger partial charge is 0.107 e. The van der Waals surface area contributed by atoms with Gasteiger partial charge in [0.1, 0.15) is 0 Å². The number of halogens is 1. The Labute approximate surface area is 79.6 Å².